The molecule has 3 aromatic rings. The molecular weight excluding hydrogens is 212 g/mol. The van der Waals surface area contributed by atoms with Crippen LogP contribution >= 0.6 is 0 Å². The molecule has 0 bridgehead atoms. The van der Waals surface area contributed by atoms with Crippen molar-refractivity contribution in [1.82, 2.24) is 15.0 Å². The van der Waals surface area contributed by atoms with E-state index in [0.717, 1.165) is 16.4 Å². The molecule has 0 saturated heterocycles. The van der Waals surface area contributed by atoms with Crippen LogP contribution in [0.4, 0.5) is 5.82 Å². The van der Waals surface area contributed by atoms with Gasteiger partial charge in [-0.05, 0) is 24.3 Å². The third kappa shape index (κ3) is 1.18. The SMILES string of the molecule is Nc1ncnc2[nH]c3c(C4CC4)cccc3c12. The second kappa shape index (κ2) is 2.97. The first-order valence-corrected chi connectivity index (χ1v) is 5.85. The van der Waals surface area contributed by atoms with Crippen LogP contribution in [0.25, 0.3) is 21.9 Å². The van der Waals surface area contributed by atoms with E-state index in [4.69, 9.17) is 5.73 Å². The molecule has 2 heterocycles. The summed E-state index contributed by atoms with van der Waals surface area (Å²) in [4.78, 5) is 11.7. The van der Waals surface area contributed by atoms with Crippen LogP contribution in [0.3, 0.4) is 0 Å². The number of aromatic nitrogens is 3. The van der Waals surface area contributed by atoms with E-state index in [0.29, 0.717) is 11.7 Å². The third-order valence-electron chi connectivity index (χ3n) is 3.50. The summed E-state index contributed by atoms with van der Waals surface area (Å²) in [6.45, 7) is 0. The van der Waals surface area contributed by atoms with Gasteiger partial charge in [0.05, 0.1) is 10.9 Å². The Morgan fingerprint density at radius 2 is 2.12 bits per heavy atom. The number of hydrogen-bond donors (Lipinski definition) is 2. The summed E-state index contributed by atoms with van der Waals surface area (Å²) in [6, 6.07) is 6.37. The molecule has 1 fully saturated rings. The topological polar surface area (TPSA) is 67.6 Å². The van der Waals surface area contributed by atoms with Crippen LogP contribution in [0.1, 0.15) is 24.3 Å². The predicted octanol–water partition coefficient (Wildman–Crippen LogP) is 2.57. The highest BCUT2D eigenvalue weighted by molar-refractivity contribution is 6.11. The van der Waals surface area contributed by atoms with Crippen LogP contribution in [0.15, 0.2) is 24.5 Å². The van der Waals surface area contributed by atoms with Gasteiger partial charge in [-0.1, -0.05) is 18.2 Å². The maximum atomic E-state index is 5.94. The second-order valence-electron chi connectivity index (χ2n) is 4.65. The molecule has 2 aromatic heterocycles. The molecule has 84 valence electrons. The molecule has 3 N–H and O–H groups in total. The van der Waals surface area contributed by atoms with Gasteiger partial charge in [-0.25, -0.2) is 9.97 Å². The third-order valence-corrected chi connectivity index (χ3v) is 3.50. The number of benzene rings is 1. The van der Waals surface area contributed by atoms with Crippen molar-refractivity contribution < 1.29 is 0 Å². The molecule has 4 rings (SSSR count). The maximum absolute atomic E-state index is 5.94. The average molecular weight is 224 g/mol. The smallest absolute Gasteiger partial charge is 0.143 e. The molecule has 0 spiro atoms. The zero-order valence-corrected chi connectivity index (χ0v) is 9.27. The van der Waals surface area contributed by atoms with Gasteiger partial charge in [0.1, 0.15) is 17.8 Å². The lowest BCUT2D eigenvalue weighted by atomic mass is 10.1. The largest absolute Gasteiger partial charge is 0.383 e. The van der Waals surface area contributed by atoms with Gasteiger partial charge in [-0.3, -0.25) is 0 Å². The molecule has 0 radical (unpaired) electrons. The van der Waals surface area contributed by atoms with E-state index in [1.165, 1.54) is 30.2 Å². The number of hydrogen-bond acceptors (Lipinski definition) is 3. The summed E-state index contributed by atoms with van der Waals surface area (Å²) in [5.41, 5.74) is 9.34. The standard InChI is InChI=1S/C13H12N4/c14-12-10-9-3-1-2-8(7-4-5-7)11(9)17-13(10)16-6-15-12/h1-3,6-7H,4-5H2,(H3,14,15,16,17). The Labute approximate surface area is 97.9 Å². The van der Waals surface area contributed by atoms with Gasteiger partial charge in [0.15, 0.2) is 0 Å². The number of rotatable bonds is 1. The number of nitrogens with zero attached hydrogens (tertiary/aromatic N) is 2. The van der Waals surface area contributed by atoms with Gasteiger partial charge >= 0.3 is 0 Å². The number of fused-ring (bicyclic) bond motifs is 3. The zero-order valence-electron chi connectivity index (χ0n) is 9.27. The second-order valence-corrected chi connectivity index (χ2v) is 4.65. The van der Waals surface area contributed by atoms with Crippen LogP contribution in [0, 0.1) is 0 Å². The minimum atomic E-state index is 0.550. The first-order valence-electron chi connectivity index (χ1n) is 5.85. The number of nitrogens with one attached hydrogen (secondary N) is 1. The van der Waals surface area contributed by atoms with Crippen molar-refractivity contribution in [1.29, 1.82) is 0 Å². The number of nitrogens with two attached hydrogens (primary N) is 1. The molecule has 0 unspecified atom stereocenters. The number of aromatic amines is 1. The average Bonchev–Trinajstić information content (AvgIpc) is 3.09. The van der Waals surface area contributed by atoms with Gasteiger partial charge in [0.2, 0.25) is 0 Å². The Hall–Kier alpha value is -2.10. The van der Waals surface area contributed by atoms with Gasteiger partial charge in [-0.2, -0.15) is 0 Å². The lowest BCUT2D eigenvalue weighted by Gasteiger charge is -1.99. The first kappa shape index (κ1) is 8.98. The fourth-order valence-electron chi connectivity index (χ4n) is 2.53. The molecule has 1 aromatic carbocycles. The summed E-state index contributed by atoms with van der Waals surface area (Å²) < 4.78 is 0. The fraction of sp³-hybridized carbons (Fsp3) is 0.231. The Balaban J connectivity index is 2.19. The van der Waals surface area contributed by atoms with E-state index in [1.807, 2.05) is 0 Å². The molecule has 4 nitrogen and oxygen atoms in total. The van der Waals surface area contributed by atoms with Gasteiger partial charge < -0.3 is 10.7 Å². The minimum Gasteiger partial charge on any atom is -0.383 e. The highest BCUT2D eigenvalue weighted by Crippen LogP contribution is 2.44. The molecular formula is C13H12N4. The summed E-state index contributed by atoms with van der Waals surface area (Å²) in [7, 11) is 0. The van der Waals surface area contributed by atoms with E-state index in [2.05, 4.69) is 33.2 Å². The molecule has 1 aliphatic rings. The quantitative estimate of drug-likeness (QED) is 0.667. The maximum Gasteiger partial charge on any atom is 0.143 e. The highest BCUT2D eigenvalue weighted by atomic mass is 15.0. The van der Waals surface area contributed by atoms with Crippen molar-refractivity contribution in [3.05, 3.63) is 30.1 Å². The molecule has 1 aliphatic carbocycles. The summed E-state index contributed by atoms with van der Waals surface area (Å²) >= 11 is 0. The van der Waals surface area contributed by atoms with Gasteiger partial charge in [-0.15, -0.1) is 0 Å². The monoisotopic (exact) mass is 224 g/mol. The first-order chi connectivity index (χ1) is 8.34. The Kier molecular flexibility index (Phi) is 1.57. The molecule has 4 heteroatoms. The molecule has 0 amide bonds. The van der Waals surface area contributed by atoms with Crippen LogP contribution in [0.2, 0.25) is 0 Å². The van der Waals surface area contributed by atoms with Crippen molar-refractivity contribution in [3.8, 4) is 0 Å². The van der Waals surface area contributed by atoms with Gasteiger partial charge in [0.25, 0.3) is 0 Å². The van der Waals surface area contributed by atoms with Gasteiger partial charge in [0, 0.05) is 5.39 Å². The van der Waals surface area contributed by atoms with Crippen LogP contribution in [0.5, 0.6) is 0 Å². The Morgan fingerprint density at radius 3 is 2.94 bits per heavy atom. The summed E-state index contributed by atoms with van der Waals surface area (Å²) in [5.74, 6) is 1.26. The molecule has 0 aliphatic heterocycles. The summed E-state index contributed by atoms with van der Waals surface area (Å²) in [5, 5.41) is 2.09. The Bertz CT molecular complexity index is 725. The molecule has 17 heavy (non-hydrogen) atoms. The van der Waals surface area contributed by atoms with E-state index in [1.54, 1.807) is 0 Å². The van der Waals surface area contributed by atoms with Crippen LogP contribution < -0.4 is 5.73 Å². The zero-order chi connectivity index (χ0) is 11.4. The van der Waals surface area contributed by atoms with E-state index in [9.17, 15) is 0 Å². The van der Waals surface area contributed by atoms with E-state index in [-0.39, 0.29) is 0 Å². The highest BCUT2D eigenvalue weighted by Gasteiger charge is 2.26. The number of nitrogen functional groups attached to an aromatic ring is 1. The van der Waals surface area contributed by atoms with Crippen LogP contribution in [-0.4, -0.2) is 15.0 Å². The fourth-order valence-corrected chi connectivity index (χ4v) is 2.53. The molecule has 1 saturated carbocycles. The van der Waals surface area contributed by atoms with Crippen LogP contribution in [-0.2, 0) is 0 Å². The van der Waals surface area contributed by atoms with E-state index < -0.39 is 0 Å². The summed E-state index contributed by atoms with van der Waals surface area (Å²) in [6.07, 6.45) is 4.08. The predicted molar refractivity (Wildman–Crippen MR) is 67.8 cm³/mol. The lowest BCUT2D eigenvalue weighted by molar-refractivity contribution is 1.14. The van der Waals surface area contributed by atoms with Crippen molar-refractivity contribution in [2.45, 2.75) is 18.8 Å². The number of anilines is 1. The van der Waals surface area contributed by atoms with E-state index >= 15 is 0 Å². The van der Waals surface area contributed by atoms with Crippen molar-refractivity contribution in [3.63, 3.8) is 0 Å². The van der Waals surface area contributed by atoms with Crippen molar-refractivity contribution in [2.24, 2.45) is 0 Å². The van der Waals surface area contributed by atoms with Crippen molar-refractivity contribution in [2.75, 3.05) is 5.73 Å². The van der Waals surface area contributed by atoms with Crippen molar-refractivity contribution >= 4 is 27.8 Å². The Morgan fingerprint density at radius 1 is 1.24 bits per heavy atom. The number of H-pyrrole nitrogens is 1. The number of para-hydroxylation sites is 1. The normalized spacial score (nSPS) is 15.8. The molecule has 0 atom stereocenters. The minimum absolute atomic E-state index is 0.550. The lowest BCUT2D eigenvalue weighted by Crippen LogP contribution is -1.91.